The van der Waals surface area contributed by atoms with E-state index in [0.29, 0.717) is 10.8 Å². The van der Waals surface area contributed by atoms with Gasteiger partial charge in [-0.2, -0.15) is 0 Å². The molecule has 19 heavy (non-hydrogen) atoms. The Bertz CT molecular complexity index is 668. The van der Waals surface area contributed by atoms with Crippen molar-refractivity contribution in [1.29, 1.82) is 0 Å². The predicted molar refractivity (Wildman–Crippen MR) is 80.4 cm³/mol. The number of hydrogen-bond donors (Lipinski definition) is 2. The van der Waals surface area contributed by atoms with E-state index >= 15 is 0 Å². The molecule has 0 atom stereocenters. The molecule has 0 unspecified atom stereocenters. The first kappa shape index (κ1) is 14.7. The number of sulfonamides is 1. The van der Waals surface area contributed by atoms with E-state index in [9.17, 15) is 8.42 Å². The summed E-state index contributed by atoms with van der Waals surface area (Å²) in [5.74, 6) is 0. The lowest BCUT2D eigenvalue weighted by molar-refractivity contribution is 0.583. The molecule has 1 aromatic carbocycles. The number of rotatable bonds is 5. The molecule has 1 aromatic heterocycles. The van der Waals surface area contributed by atoms with Gasteiger partial charge in [0.15, 0.2) is 0 Å². The van der Waals surface area contributed by atoms with E-state index in [4.69, 9.17) is 5.73 Å². The number of nitrogens with two attached hydrogens (primary N) is 1. The number of nitrogens with one attached hydrogen (secondary N) is 1. The smallest absolute Gasteiger partial charge is 0.250 e. The van der Waals surface area contributed by atoms with E-state index in [-0.39, 0.29) is 6.54 Å². The van der Waals surface area contributed by atoms with Crippen LogP contribution < -0.4 is 10.5 Å². The minimum atomic E-state index is -3.46. The Morgan fingerprint density at radius 1 is 1.26 bits per heavy atom. The highest BCUT2D eigenvalue weighted by Crippen LogP contribution is 2.21. The van der Waals surface area contributed by atoms with Crippen LogP contribution in [0, 0.1) is 0 Å². The molecule has 0 bridgehead atoms. The van der Waals surface area contributed by atoms with Crippen LogP contribution in [0.4, 0.5) is 0 Å². The SMILES string of the molecule is NCc1ccc(S(=O)(=O)NCc2cccc(Br)c2)s1. The van der Waals surface area contributed by atoms with Gasteiger partial charge in [0.1, 0.15) is 4.21 Å². The molecule has 2 rings (SSSR count). The Labute approximate surface area is 124 Å². The van der Waals surface area contributed by atoms with Crippen molar-refractivity contribution in [1.82, 2.24) is 4.72 Å². The zero-order valence-corrected chi connectivity index (χ0v) is 13.2. The first-order chi connectivity index (χ1) is 9.01. The highest BCUT2D eigenvalue weighted by Gasteiger charge is 2.16. The van der Waals surface area contributed by atoms with E-state index < -0.39 is 10.0 Å². The highest BCUT2D eigenvalue weighted by molar-refractivity contribution is 9.10. The largest absolute Gasteiger partial charge is 0.326 e. The van der Waals surface area contributed by atoms with E-state index in [2.05, 4.69) is 20.7 Å². The molecular formula is C12H13BrN2O2S2. The van der Waals surface area contributed by atoms with Crippen molar-refractivity contribution >= 4 is 37.3 Å². The number of thiophene rings is 1. The van der Waals surface area contributed by atoms with Crippen molar-refractivity contribution in [3.63, 3.8) is 0 Å². The van der Waals surface area contributed by atoms with Crippen LogP contribution in [0.5, 0.6) is 0 Å². The van der Waals surface area contributed by atoms with Crippen LogP contribution in [0.3, 0.4) is 0 Å². The Morgan fingerprint density at radius 3 is 2.68 bits per heavy atom. The lowest BCUT2D eigenvalue weighted by Crippen LogP contribution is -2.22. The third-order valence-electron chi connectivity index (χ3n) is 2.46. The minimum Gasteiger partial charge on any atom is -0.326 e. The average Bonchev–Trinajstić information content (AvgIpc) is 2.86. The van der Waals surface area contributed by atoms with Gasteiger partial charge in [0.25, 0.3) is 0 Å². The van der Waals surface area contributed by atoms with E-state index in [1.54, 1.807) is 12.1 Å². The van der Waals surface area contributed by atoms with Gasteiger partial charge in [-0.25, -0.2) is 13.1 Å². The highest BCUT2D eigenvalue weighted by atomic mass is 79.9. The molecule has 0 saturated heterocycles. The van der Waals surface area contributed by atoms with Crippen LogP contribution in [0.1, 0.15) is 10.4 Å². The number of halogens is 1. The summed E-state index contributed by atoms with van der Waals surface area (Å²) in [6, 6.07) is 10.8. The maximum Gasteiger partial charge on any atom is 0.250 e. The summed E-state index contributed by atoms with van der Waals surface area (Å²) in [4.78, 5) is 0.850. The Kier molecular flexibility index (Phi) is 4.75. The molecule has 0 aliphatic heterocycles. The van der Waals surface area contributed by atoms with E-state index in [0.717, 1.165) is 14.9 Å². The molecule has 102 valence electrons. The molecule has 0 saturated carbocycles. The lowest BCUT2D eigenvalue weighted by Gasteiger charge is -2.05. The molecule has 0 aliphatic rings. The van der Waals surface area contributed by atoms with Crippen LogP contribution in [-0.4, -0.2) is 8.42 Å². The third kappa shape index (κ3) is 3.87. The van der Waals surface area contributed by atoms with Crippen molar-refractivity contribution in [2.24, 2.45) is 5.73 Å². The molecule has 2 aromatic rings. The standard InChI is InChI=1S/C12H13BrN2O2S2/c13-10-3-1-2-9(6-10)8-15-19(16,17)12-5-4-11(7-14)18-12/h1-6,15H,7-8,14H2. The zero-order valence-electron chi connectivity index (χ0n) is 9.97. The fraction of sp³-hybridized carbons (Fsp3) is 0.167. The summed E-state index contributed by atoms with van der Waals surface area (Å²) in [6.45, 7) is 0.615. The van der Waals surface area contributed by atoms with Crippen molar-refractivity contribution in [3.05, 3.63) is 51.3 Å². The molecule has 0 radical (unpaired) electrons. The van der Waals surface area contributed by atoms with Crippen LogP contribution in [0.25, 0.3) is 0 Å². The molecule has 1 heterocycles. The van der Waals surface area contributed by atoms with Crippen LogP contribution in [0.2, 0.25) is 0 Å². The molecule has 0 amide bonds. The maximum atomic E-state index is 12.1. The van der Waals surface area contributed by atoms with E-state index in [1.165, 1.54) is 11.3 Å². The Hall–Kier alpha value is -0.730. The zero-order chi connectivity index (χ0) is 13.9. The van der Waals surface area contributed by atoms with Gasteiger partial charge >= 0.3 is 0 Å². The van der Waals surface area contributed by atoms with E-state index in [1.807, 2.05) is 24.3 Å². The Morgan fingerprint density at radius 2 is 2.05 bits per heavy atom. The van der Waals surface area contributed by atoms with Crippen molar-refractivity contribution in [2.75, 3.05) is 0 Å². The number of benzene rings is 1. The summed E-state index contributed by atoms with van der Waals surface area (Å²) < 4.78 is 27.9. The molecule has 3 N–H and O–H groups in total. The quantitative estimate of drug-likeness (QED) is 0.859. The fourth-order valence-corrected chi connectivity index (χ4v) is 4.25. The van der Waals surface area contributed by atoms with Gasteiger partial charge in [-0.05, 0) is 29.8 Å². The van der Waals surface area contributed by atoms with Crippen molar-refractivity contribution in [3.8, 4) is 0 Å². The Balaban J connectivity index is 2.09. The average molecular weight is 361 g/mol. The van der Waals surface area contributed by atoms with Crippen molar-refractivity contribution < 1.29 is 8.42 Å². The minimum absolute atomic E-state index is 0.262. The molecular weight excluding hydrogens is 348 g/mol. The molecule has 0 spiro atoms. The van der Waals surface area contributed by atoms with Crippen LogP contribution in [-0.2, 0) is 23.1 Å². The summed E-state index contributed by atoms with van der Waals surface area (Å²) in [5, 5.41) is 0. The second-order valence-corrected chi connectivity index (χ2v) is 7.96. The van der Waals surface area contributed by atoms with Gasteiger partial charge < -0.3 is 5.73 Å². The lowest BCUT2D eigenvalue weighted by atomic mass is 10.2. The first-order valence-corrected chi connectivity index (χ1v) is 8.63. The second kappa shape index (κ2) is 6.15. The van der Waals surface area contributed by atoms with Gasteiger partial charge in [0.2, 0.25) is 10.0 Å². The monoisotopic (exact) mass is 360 g/mol. The normalized spacial score (nSPS) is 11.7. The summed E-state index contributed by atoms with van der Waals surface area (Å²) in [7, 11) is -3.46. The molecule has 0 aliphatic carbocycles. The first-order valence-electron chi connectivity index (χ1n) is 5.54. The molecule has 7 heteroatoms. The summed E-state index contributed by atoms with van der Waals surface area (Å²) >= 11 is 4.54. The van der Waals surface area contributed by atoms with Gasteiger partial charge in [-0.15, -0.1) is 11.3 Å². The van der Waals surface area contributed by atoms with Crippen LogP contribution >= 0.6 is 27.3 Å². The summed E-state index contributed by atoms with van der Waals surface area (Å²) in [6.07, 6.45) is 0. The van der Waals surface area contributed by atoms with Gasteiger partial charge in [0, 0.05) is 22.4 Å². The molecule has 4 nitrogen and oxygen atoms in total. The van der Waals surface area contributed by atoms with Gasteiger partial charge in [-0.3, -0.25) is 0 Å². The molecule has 0 fully saturated rings. The van der Waals surface area contributed by atoms with Gasteiger partial charge in [0.05, 0.1) is 0 Å². The fourth-order valence-electron chi connectivity index (χ4n) is 1.51. The maximum absolute atomic E-state index is 12.1. The number of hydrogen-bond acceptors (Lipinski definition) is 4. The second-order valence-electron chi connectivity index (χ2n) is 3.88. The predicted octanol–water partition coefficient (Wildman–Crippen LogP) is 2.45. The van der Waals surface area contributed by atoms with Crippen LogP contribution in [0.15, 0.2) is 45.1 Å². The summed E-state index contributed by atoms with van der Waals surface area (Å²) in [5.41, 5.74) is 6.37. The van der Waals surface area contributed by atoms with Crippen molar-refractivity contribution in [2.45, 2.75) is 17.3 Å². The van der Waals surface area contributed by atoms with Gasteiger partial charge in [-0.1, -0.05) is 28.1 Å². The third-order valence-corrected chi connectivity index (χ3v) is 5.95. The topological polar surface area (TPSA) is 72.2 Å².